The van der Waals surface area contributed by atoms with Gasteiger partial charge in [-0.2, -0.15) is 13.2 Å². The quantitative estimate of drug-likeness (QED) is 0.843. The fourth-order valence-corrected chi connectivity index (χ4v) is 2.25. The Bertz CT molecular complexity index is 586. The number of urea groups is 1. The number of rotatable bonds is 6. The molecule has 0 aromatic heterocycles. The molecule has 1 aromatic rings. The van der Waals surface area contributed by atoms with Crippen LogP contribution in [0.4, 0.5) is 18.0 Å². The van der Waals surface area contributed by atoms with Gasteiger partial charge in [-0.25, -0.2) is 4.79 Å². The van der Waals surface area contributed by atoms with Crippen molar-refractivity contribution in [3.63, 3.8) is 0 Å². The van der Waals surface area contributed by atoms with Crippen molar-refractivity contribution in [3.8, 4) is 0 Å². The zero-order valence-electron chi connectivity index (χ0n) is 12.3. The average Bonchev–Trinajstić information content (AvgIpc) is 3.28. The zero-order chi connectivity index (χ0) is 17.0. The summed E-state index contributed by atoms with van der Waals surface area (Å²) in [5.74, 6) is -1.05. The monoisotopic (exact) mass is 330 g/mol. The Morgan fingerprint density at radius 2 is 1.91 bits per heavy atom. The predicted octanol–water partition coefficient (Wildman–Crippen LogP) is 2.85. The highest BCUT2D eigenvalue weighted by atomic mass is 19.4. The van der Waals surface area contributed by atoms with Gasteiger partial charge in [-0.1, -0.05) is 18.2 Å². The zero-order valence-corrected chi connectivity index (χ0v) is 12.3. The number of carbonyl (C=O) groups is 2. The van der Waals surface area contributed by atoms with E-state index in [0.29, 0.717) is 0 Å². The lowest BCUT2D eigenvalue weighted by Gasteiger charge is -2.24. The Hall–Kier alpha value is -2.25. The first-order valence-electron chi connectivity index (χ1n) is 7.20. The number of nitrogens with one attached hydrogen (secondary N) is 1. The van der Waals surface area contributed by atoms with Gasteiger partial charge >= 0.3 is 18.2 Å². The fraction of sp³-hybridized carbons (Fsp3) is 0.467. The molecular formula is C15H17F3N2O3. The molecule has 2 N–H and O–H groups in total. The molecule has 2 amide bonds. The fourth-order valence-electron chi connectivity index (χ4n) is 2.25. The van der Waals surface area contributed by atoms with Gasteiger partial charge in [0, 0.05) is 19.1 Å². The minimum absolute atomic E-state index is 0.0280. The highest BCUT2D eigenvalue weighted by Crippen LogP contribution is 2.34. The maximum atomic E-state index is 13.0. The second-order valence-electron chi connectivity index (χ2n) is 5.39. The molecule has 0 heterocycles. The molecule has 1 saturated carbocycles. The molecule has 0 bridgehead atoms. The van der Waals surface area contributed by atoms with Crippen LogP contribution in [0.5, 0.6) is 0 Å². The van der Waals surface area contributed by atoms with E-state index >= 15 is 0 Å². The second kappa shape index (κ2) is 6.89. The molecule has 2 rings (SSSR count). The Balaban J connectivity index is 2.08. The number of hydrogen-bond donors (Lipinski definition) is 2. The lowest BCUT2D eigenvalue weighted by molar-refractivity contribution is -0.138. The Morgan fingerprint density at radius 1 is 1.26 bits per heavy atom. The summed E-state index contributed by atoms with van der Waals surface area (Å²) in [6.07, 6.45) is -3.24. The second-order valence-corrected chi connectivity index (χ2v) is 5.39. The summed E-state index contributed by atoms with van der Waals surface area (Å²) < 4.78 is 39.1. The molecule has 126 valence electrons. The van der Waals surface area contributed by atoms with Crippen molar-refractivity contribution in [2.75, 3.05) is 6.54 Å². The van der Waals surface area contributed by atoms with Gasteiger partial charge in [-0.15, -0.1) is 0 Å². The van der Waals surface area contributed by atoms with Gasteiger partial charge in [-0.05, 0) is 24.5 Å². The maximum Gasteiger partial charge on any atom is 0.416 e. The third kappa shape index (κ3) is 4.87. The van der Waals surface area contributed by atoms with Crippen LogP contribution in [0.1, 0.15) is 30.4 Å². The molecule has 5 nitrogen and oxygen atoms in total. The van der Waals surface area contributed by atoms with Crippen LogP contribution in [0.15, 0.2) is 24.3 Å². The number of hydrogen-bond acceptors (Lipinski definition) is 2. The summed E-state index contributed by atoms with van der Waals surface area (Å²) in [4.78, 5) is 23.9. The highest BCUT2D eigenvalue weighted by molar-refractivity contribution is 5.76. The molecule has 0 atom stereocenters. The molecule has 8 heteroatoms. The molecule has 0 unspecified atom stereocenters. The van der Waals surface area contributed by atoms with Crippen molar-refractivity contribution >= 4 is 12.0 Å². The van der Waals surface area contributed by atoms with Gasteiger partial charge in [0.15, 0.2) is 0 Å². The SMILES string of the molecule is O=C(O)CCNC(=O)N(Cc1ccccc1C(F)(F)F)C1CC1. The minimum atomic E-state index is -4.48. The van der Waals surface area contributed by atoms with E-state index in [1.807, 2.05) is 0 Å². The van der Waals surface area contributed by atoms with Crippen LogP contribution in [-0.4, -0.2) is 34.6 Å². The summed E-state index contributed by atoms with van der Waals surface area (Å²) in [7, 11) is 0. The average molecular weight is 330 g/mol. The van der Waals surface area contributed by atoms with Gasteiger partial charge < -0.3 is 15.3 Å². The predicted molar refractivity (Wildman–Crippen MR) is 75.7 cm³/mol. The molecule has 1 aliphatic carbocycles. The smallest absolute Gasteiger partial charge is 0.416 e. The Kier molecular flexibility index (Phi) is 5.12. The number of alkyl halides is 3. The van der Waals surface area contributed by atoms with E-state index in [1.165, 1.54) is 23.1 Å². The molecular weight excluding hydrogens is 313 g/mol. The first-order valence-corrected chi connectivity index (χ1v) is 7.20. The van der Waals surface area contributed by atoms with Crippen molar-refractivity contribution < 1.29 is 27.9 Å². The largest absolute Gasteiger partial charge is 0.481 e. The Labute approximate surface area is 131 Å². The van der Waals surface area contributed by atoms with Crippen molar-refractivity contribution in [1.29, 1.82) is 0 Å². The first kappa shape index (κ1) is 17.1. The van der Waals surface area contributed by atoms with Gasteiger partial charge in [0.05, 0.1) is 12.0 Å². The number of carbonyl (C=O) groups excluding carboxylic acids is 1. The van der Waals surface area contributed by atoms with E-state index in [0.717, 1.165) is 18.9 Å². The molecule has 1 fully saturated rings. The van der Waals surface area contributed by atoms with E-state index in [-0.39, 0.29) is 31.1 Å². The molecule has 0 spiro atoms. The molecule has 0 radical (unpaired) electrons. The van der Waals surface area contributed by atoms with Gasteiger partial charge in [0.2, 0.25) is 0 Å². The number of carboxylic acids is 1. The van der Waals surface area contributed by atoms with E-state index in [9.17, 15) is 22.8 Å². The van der Waals surface area contributed by atoms with Crippen molar-refractivity contribution in [3.05, 3.63) is 35.4 Å². The number of benzene rings is 1. The minimum Gasteiger partial charge on any atom is -0.481 e. The summed E-state index contributed by atoms with van der Waals surface area (Å²) in [6.45, 7) is -0.211. The molecule has 0 saturated heterocycles. The van der Waals surface area contributed by atoms with E-state index in [1.54, 1.807) is 0 Å². The van der Waals surface area contributed by atoms with Crippen molar-refractivity contribution in [1.82, 2.24) is 10.2 Å². The summed E-state index contributed by atoms with van der Waals surface area (Å²) in [5, 5.41) is 11.0. The van der Waals surface area contributed by atoms with Crippen LogP contribution >= 0.6 is 0 Å². The number of halogens is 3. The molecule has 0 aliphatic heterocycles. The van der Waals surface area contributed by atoms with E-state index < -0.39 is 23.7 Å². The summed E-state index contributed by atoms with van der Waals surface area (Å²) in [5.41, 5.74) is -0.732. The molecule has 1 aromatic carbocycles. The normalized spacial score (nSPS) is 14.4. The van der Waals surface area contributed by atoms with Gasteiger partial charge in [0.25, 0.3) is 0 Å². The number of nitrogens with zero attached hydrogens (tertiary/aromatic N) is 1. The lowest BCUT2D eigenvalue weighted by Crippen LogP contribution is -2.42. The third-order valence-electron chi connectivity index (χ3n) is 3.53. The van der Waals surface area contributed by atoms with Gasteiger partial charge in [0.1, 0.15) is 0 Å². The number of carboxylic acid groups (broad SMARTS) is 1. The van der Waals surface area contributed by atoms with E-state index in [4.69, 9.17) is 5.11 Å². The van der Waals surface area contributed by atoms with Crippen LogP contribution in [0.3, 0.4) is 0 Å². The molecule has 23 heavy (non-hydrogen) atoms. The maximum absolute atomic E-state index is 13.0. The van der Waals surface area contributed by atoms with Crippen LogP contribution in [0.2, 0.25) is 0 Å². The Morgan fingerprint density at radius 3 is 2.48 bits per heavy atom. The van der Waals surface area contributed by atoms with Crippen LogP contribution in [0.25, 0.3) is 0 Å². The first-order chi connectivity index (χ1) is 10.8. The summed E-state index contributed by atoms with van der Waals surface area (Å²) >= 11 is 0. The van der Waals surface area contributed by atoms with Gasteiger partial charge in [-0.3, -0.25) is 4.79 Å². The third-order valence-corrected chi connectivity index (χ3v) is 3.53. The number of aliphatic carboxylic acids is 1. The van der Waals surface area contributed by atoms with Crippen LogP contribution in [-0.2, 0) is 17.5 Å². The van der Waals surface area contributed by atoms with Crippen LogP contribution in [0, 0.1) is 0 Å². The topological polar surface area (TPSA) is 69.6 Å². The van der Waals surface area contributed by atoms with Crippen LogP contribution < -0.4 is 5.32 Å². The number of amides is 2. The molecule has 1 aliphatic rings. The standard InChI is InChI=1S/C15H17F3N2O3/c16-15(17,18)12-4-2-1-3-10(12)9-20(11-5-6-11)14(23)19-8-7-13(21)22/h1-4,11H,5-9H2,(H,19,23)(H,21,22). The van der Waals surface area contributed by atoms with Crippen molar-refractivity contribution in [2.24, 2.45) is 0 Å². The lowest BCUT2D eigenvalue weighted by atomic mass is 10.1. The summed E-state index contributed by atoms with van der Waals surface area (Å²) in [6, 6.07) is 4.51. The highest BCUT2D eigenvalue weighted by Gasteiger charge is 2.37. The van der Waals surface area contributed by atoms with E-state index in [2.05, 4.69) is 5.32 Å². The van der Waals surface area contributed by atoms with Crippen molar-refractivity contribution in [2.45, 2.75) is 38.0 Å².